The lowest BCUT2D eigenvalue weighted by molar-refractivity contribution is -0.274. The first kappa shape index (κ1) is 23.8. The second kappa shape index (κ2) is 9.62. The standard InChI is InChI=1S/C26H26F3N3O2S/c1-17-4-2-5-18(8-17)10-31-12-21-22(13-31)23(21)14-32(25(33)24-15-35-16-30-24)11-19-6-3-7-20(9-19)34-26(27,28)29/h2-9,15-16,21-23H,10-14H2,1H3. The topological polar surface area (TPSA) is 45.7 Å². The summed E-state index contributed by atoms with van der Waals surface area (Å²) in [6.07, 6.45) is -4.76. The van der Waals surface area contributed by atoms with Crippen LogP contribution in [-0.2, 0) is 13.1 Å². The van der Waals surface area contributed by atoms with Crippen molar-refractivity contribution in [3.8, 4) is 5.75 Å². The molecule has 35 heavy (non-hydrogen) atoms. The SMILES string of the molecule is Cc1cccc(CN2CC3C(C2)C3CN(Cc2cccc(OC(F)(F)F)c2)C(=O)c2cscn2)c1. The number of hydrogen-bond acceptors (Lipinski definition) is 5. The normalized spacial score (nSPS) is 21.5. The van der Waals surface area contributed by atoms with Gasteiger partial charge in [-0.25, -0.2) is 4.98 Å². The Morgan fingerprint density at radius 3 is 2.57 bits per heavy atom. The third kappa shape index (κ3) is 5.85. The Morgan fingerprint density at radius 1 is 1.14 bits per heavy atom. The molecule has 5 nitrogen and oxygen atoms in total. The number of rotatable bonds is 8. The molecule has 0 radical (unpaired) electrons. The van der Waals surface area contributed by atoms with E-state index in [4.69, 9.17) is 0 Å². The van der Waals surface area contributed by atoms with Gasteiger partial charge in [-0.05, 0) is 47.9 Å². The molecule has 1 saturated carbocycles. The van der Waals surface area contributed by atoms with Crippen LogP contribution in [0.25, 0.3) is 0 Å². The number of alkyl halides is 3. The lowest BCUT2D eigenvalue weighted by Gasteiger charge is -2.25. The summed E-state index contributed by atoms with van der Waals surface area (Å²) < 4.78 is 42.0. The lowest BCUT2D eigenvalue weighted by atomic mass is 10.1. The third-order valence-corrected chi connectivity index (χ3v) is 7.40. The number of halogens is 3. The van der Waals surface area contributed by atoms with Gasteiger partial charge in [-0.15, -0.1) is 24.5 Å². The van der Waals surface area contributed by atoms with E-state index >= 15 is 0 Å². The molecule has 0 spiro atoms. The van der Waals surface area contributed by atoms with E-state index in [2.05, 4.69) is 45.8 Å². The summed E-state index contributed by atoms with van der Waals surface area (Å²) in [5.74, 6) is 0.970. The van der Waals surface area contributed by atoms with E-state index in [1.54, 1.807) is 21.9 Å². The maximum Gasteiger partial charge on any atom is 0.573 e. The summed E-state index contributed by atoms with van der Waals surface area (Å²) in [6.45, 7) is 5.78. The molecular formula is C26H26F3N3O2S. The molecule has 2 aromatic carbocycles. The lowest BCUT2D eigenvalue weighted by Crippen LogP contribution is -2.35. The van der Waals surface area contributed by atoms with Crippen LogP contribution in [0.5, 0.6) is 5.75 Å². The van der Waals surface area contributed by atoms with Gasteiger partial charge in [0.2, 0.25) is 0 Å². The van der Waals surface area contributed by atoms with E-state index < -0.39 is 6.36 Å². The number of piperidine rings is 1. The van der Waals surface area contributed by atoms with Gasteiger partial charge >= 0.3 is 6.36 Å². The molecule has 3 aromatic rings. The highest BCUT2D eigenvalue weighted by atomic mass is 32.1. The van der Waals surface area contributed by atoms with Crippen LogP contribution in [0.1, 0.15) is 27.2 Å². The predicted octanol–water partition coefficient (Wildman–Crippen LogP) is 5.37. The molecule has 1 aliphatic carbocycles. The second-order valence-corrected chi connectivity index (χ2v) is 10.1. The second-order valence-electron chi connectivity index (χ2n) is 9.43. The van der Waals surface area contributed by atoms with Gasteiger partial charge in [0, 0.05) is 38.1 Å². The average molecular weight is 502 g/mol. The Kier molecular flexibility index (Phi) is 6.55. The smallest absolute Gasteiger partial charge is 0.406 e. The van der Waals surface area contributed by atoms with E-state index in [1.165, 1.54) is 40.7 Å². The Balaban J connectivity index is 1.24. The molecule has 2 unspecified atom stereocenters. The minimum absolute atomic E-state index is 0.199. The van der Waals surface area contributed by atoms with Gasteiger partial charge in [-0.3, -0.25) is 9.69 Å². The van der Waals surface area contributed by atoms with Crippen molar-refractivity contribution < 1.29 is 22.7 Å². The van der Waals surface area contributed by atoms with Crippen molar-refractivity contribution in [2.75, 3.05) is 19.6 Å². The molecule has 1 aromatic heterocycles. The number of carbonyl (C=O) groups is 1. The number of aryl methyl sites for hydroxylation is 1. The Morgan fingerprint density at radius 2 is 1.89 bits per heavy atom. The van der Waals surface area contributed by atoms with Crippen molar-refractivity contribution >= 4 is 17.2 Å². The predicted molar refractivity (Wildman–Crippen MR) is 127 cm³/mol. The first-order chi connectivity index (χ1) is 16.7. The number of fused-ring (bicyclic) bond motifs is 1. The maximum atomic E-state index is 13.2. The number of benzene rings is 2. The molecule has 184 valence electrons. The summed E-state index contributed by atoms with van der Waals surface area (Å²) in [7, 11) is 0. The zero-order valence-electron chi connectivity index (χ0n) is 19.2. The fraction of sp³-hybridized carbons (Fsp3) is 0.385. The Labute approximate surface area is 206 Å². The van der Waals surface area contributed by atoms with Crippen LogP contribution in [0, 0.1) is 24.7 Å². The molecular weight excluding hydrogens is 475 g/mol. The van der Waals surface area contributed by atoms with Gasteiger partial charge in [-0.1, -0.05) is 42.0 Å². The minimum atomic E-state index is -4.76. The molecule has 2 aliphatic rings. The summed E-state index contributed by atoms with van der Waals surface area (Å²) in [5, 5.41) is 1.70. The van der Waals surface area contributed by atoms with E-state index in [1.807, 2.05) is 0 Å². The van der Waals surface area contributed by atoms with E-state index in [0.717, 1.165) is 19.6 Å². The number of amides is 1. The van der Waals surface area contributed by atoms with Crippen molar-refractivity contribution in [2.45, 2.75) is 26.4 Å². The summed E-state index contributed by atoms with van der Waals surface area (Å²) in [5.41, 5.74) is 5.12. The van der Waals surface area contributed by atoms with Crippen molar-refractivity contribution in [1.29, 1.82) is 0 Å². The van der Waals surface area contributed by atoms with Crippen LogP contribution < -0.4 is 4.74 Å². The van der Waals surface area contributed by atoms with Gasteiger partial charge in [0.15, 0.2) is 0 Å². The zero-order chi connectivity index (χ0) is 24.6. The average Bonchev–Trinajstić information content (AvgIpc) is 3.19. The molecule has 1 aliphatic heterocycles. The molecule has 1 saturated heterocycles. The van der Waals surface area contributed by atoms with Crippen molar-refractivity contribution in [3.63, 3.8) is 0 Å². The van der Waals surface area contributed by atoms with Gasteiger partial charge in [-0.2, -0.15) is 0 Å². The number of carbonyl (C=O) groups excluding carboxylic acids is 1. The van der Waals surface area contributed by atoms with Gasteiger partial charge in [0.1, 0.15) is 11.4 Å². The number of thiazole rings is 1. The molecule has 2 heterocycles. The zero-order valence-corrected chi connectivity index (χ0v) is 20.1. The van der Waals surface area contributed by atoms with E-state index in [9.17, 15) is 18.0 Å². The molecule has 2 fully saturated rings. The number of hydrogen-bond donors (Lipinski definition) is 0. The largest absolute Gasteiger partial charge is 0.573 e. The Bertz CT molecular complexity index is 1170. The summed E-state index contributed by atoms with van der Waals surface area (Å²) in [4.78, 5) is 21.5. The number of ether oxygens (including phenoxy) is 1. The summed E-state index contributed by atoms with van der Waals surface area (Å²) in [6, 6.07) is 14.4. The highest BCUT2D eigenvalue weighted by Gasteiger charge is 2.55. The van der Waals surface area contributed by atoms with Crippen molar-refractivity contribution in [2.24, 2.45) is 17.8 Å². The quantitative estimate of drug-likeness (QED) is 0.416. The third-order valence-electron chi connectivity index (χ3n) is 6.81. The van der Waals surface area contributed by atoms with Crippen molar-refractivity contribution in [3.05, 3.63) is 81.8 Å². The molecule has 0 bridgehead atoms. The van der Waals surface area contributed by atoms with Gasteiger partial charge in [0.05, 0.1) is 5.51 Å². The van der Waals surface area contributed by atoms with Crippen LogP contribution in [0.4, 0.5) is 13.2 Å². The fourth-order valence-electron chi connectivity index (χ4n) is 5.22. The van der Waals surface area contributed by atoms with E-state index in [-0.39, 0.29) is 18.2 Å². The Hall–Kier alpha value is -2.91. The van der Waals surface area contributed by atoms with Gasteiger partial charge in [0.25, 0.3) is 5.91 Å². The maximum absolute atomic E-state index is 13.2. The first-order valence-corrected chi connectivity index (χ1v) is 12.5. The molecule has 0 N–H and O–H groups in total. The van der Waals surface area contributed by atoms with Crippen LogP contribution in [0.2, 0.25) is 0 Å². The van der Waals surface area contributed by atoms with Gasteiger partial charge < -0.3 is 9.64 Å². The fourth-order valence-corrected chi connectivity index (χ4v) is 5.75. The van der Waals surface area contributed by atoms with Crippen molar-refractivity contribution in [1.82, 2.24) is 14.8 Å². The molecule has 1 amide bonds. The van der Waals surface area contributed by atoms with Crippen LogP contribution >= 0.6 is 11.3 Å². The van der Waals surface area contributed by atoms with E-state index in [0.29, 0.717) is 35.6 Å². The van der Waals surface area contributed by atoms with Crippen LogP contribution in [-0.4, -0.2) is 46.7 Å². The number of aromatic nitrogens is 1. The highest BCUT2D eigenvalue weighted by Crippen LogP contribution is 2.52. The molecule has 9 heteroatoms. The highest BCUT2D eigenvalue weighted by molar-refractivity contribution is 7.07. The monoisotopic (exact) mass is 501 g/mol. The first-order valence-electron chi connectivity index (χ1n) is 11.6. The minimum Gasteiger partial charge on any atom is -0.406 e. The van der Waals surface area contributed by atoms with Crippen LogP contribution in [0.15, 0.2) is 59.4 Å². The number of likely N-dealkylation sites (tertiary alicyclic amines) is 1. The molecule has 2 atom stereocenters. The molecule has 5 rings (SSSR count). The number of nitrogens with zero attached hydrogens (tertiary/aromatic N) is 3. The van der Waals surface area contributed by atoms with Crippen LogP contribution in [0.3, 0.4) is 0 Å². The summed E-state index contributed by atoms with van der Waals surface area (Å²) >= 11 is 1.34.